The molecule has 0 spiro atoms. The van der Waals surface area contributed by atoms with Crippen LogP contribution < -0.4 is 11.1 Å². The Morgan fingerprint density at radius 1 is 1.42 bits per heavy atom. The molecule has 3 atom stereocenters. The number of amides is 2. The summed E-state index contributed by atoms with van der Waals surface area (Å²) >= 11 is 0. The summed E-state index contributed by atoms with van der Waals surface area (Å²) in [6, 6.07) is -1.59. The van der Waals surface area contributed by atoms with E-state index in [2.05, 4.69) is 5.32 Å². The van der Waals surface area contributed by atoms with Crippen molar-refractivity contribution in [3.63, 3.8) is 0 Å². The normalized spacial score (nSPS) is 22.9. The zero-order valence-electron chi connectivity index (χ0n) is 10.9. The van der Waals surface area contributed by atoms with Crippen LogP contribution in [0.4, 0.5) is 0 Å². The van der Waals surface area contributed by atoms with E-state index in [-0.39, 0.29) is 0 Å². The molecule has 19 heavy (non-hydrogen) atoms. The average molecular weight is 293 g/mol. The average Bonchev–Trinajstić information content (AvgIpc) is 2.80. The van der Waals surface area contributed by atoms with Crippen LogP contribution in [0.1, 0.15) is 26.7 Å². The van der Waals surface area contributed by atoms with Crippen molar-refractivity contribution in [3.05, 3.63) is 0 Å². The zero-order valence-corrected chi connectivity index (χ0v) is 11.8. The van der Waals surface area contributed by atoms with Crippen LogP contribution in [-0.2, 0) is 14.2 Å². The lowest BCUT2D eigenvalue weighted by molar-refractivity contribution is -0.147. The molecular formula is C10H20N3O5P. The van der Waals surface area contributed by atoms with Gasteiger partial charge in [-0.05, 0) is 33.2 Å². The lowest BCUT2D eigenvalue weighted by Crippen LogP contribution is -2.54. The molecule has 1 aliphatic rings. The van der Waals surface area contributed by atoms with E-state index in [1.54, 1.807) is 0 Å². The lowest BCUT2D eigenvalue weighted by atomic mass is 10.2. The number of nitrogens with one attached hydrogen (secondary N) is 1. The van der Waals surface area contributed by atoms with Crippen LogP contribution in [0, 0.1) is 0 Å². The Bertz CT molecular complexity index is 402. The van der Waals surface area contributed by atoms with Crippen molar-refractivity contribution >= 4 is 19.4 Å². The van der Waals surface area contributed by atoms with Crippen LogP contribution >= 0.6 is 7.60 Å². The largest absolute Gasteiger partial charge is 0.348 e. The van der Waals surface area contributed by atoms with Crippen molar-refractivity contribution in [1.29, 1.82) is 0 Å². The molecule has 1 heterocycles. The van der Waals surface area contributed by atoms with Crippen LogP contribution in [0.3, 0.4) is 0 Å². The fraction of sp³-hybridized carbons (Fsp3) is 0.800. The Morgan fingerprint density at radius 2 is 2.00 bits per heavy atom. The molecule has 8 nitrogen and oxygen atoms in total. The SMILES string of the molecule is C[C@H](N)C(=O)N(C(=O)[C@H]1CCCN1)[C@@H](C)P(=O)(O)O. The van der Waals surface area contributed by atoms with Gasteiger partial charge in [0.25, 0.3) is 0 Å². The molecule has 0 aliphatic carbocycles. The van der Waals surface area contributed by atoms with Crippen molar-refractivity contribution in [2.45, 2.75) is 44.6 Å². The first-order valence-electron chi connectivity index (χ1n) is 6.07. The minimum absolute atomic E-state index is 0.537. The zero-order chi connectivity index (χ0) is 14.8. The monoisotopic (exact) mass is 293 g/mol. The Balaban J connectivity index is 3.01. The number of rotatable bonds is 4. The van der Waals surface area contributed by atoms with Gasteiger partial charge in [-0.15, -0.1) is 0 Å². The highest BCUT2D eigenvalue weighted by Gasteiger charge is 2.41. The van der Waals surface area contributed by atoms with E-state index in [1.807, 2.05) is 0 Å². The number of hydrogen-bond acceptors (Lipinski definition) is 5. The molecule has 0 radical (unpaired) electrons. The van der Waals surface area contributed by atoms with Crippen molar-refractivity contribution in [2.24, 2.45) is 5.73 Å². The van der Waals surface area contributed by atoms with Crippen molar-refractivity contribution < 1.29 is 23.9 Å². The summed E-state index contributed by atoms with van der Waals surface area (Å²) in [6.07, 6.45) is 1.32. The molecule has 1 fully saturated rings. The Morgan fingerprint density at radius 3 is 2.37 bits per heavy atom. The second-order valence-electron chi connectivity index (χ2n) is 4.71. The quantitative estimate of drug-likeness (QED) is 0.487. The number of hydrogen-bond donors (Lipinski definition) is 4. The van der Waals surface area contributed by atoms with Gasteiger partial charge in [-0.3, -0.25) is 19.1 Å². The maximum atomic E-state index is 12.2. The number of carbonyl (C=O) groups is 2. The third-order valence-electron chi connectivity index (χ3n) is 3.08. The number of nitrogens with zero attached hydrogens (tertiary/aromatic N) is 1. The summed E-state index contributed by atoms with van der Waals surface area (Å²) in [6.45, 7) is 3.16. The van der Waals surface area contributed by atoms with E-state index in [0.717, 1.165) is 13.3 Å². The van der Waals surface area contributed by atoms with Gasteiger partial charge in [0.2, 0.25) is 11.8 Å². The van der Waals surface area contributed by atoms with Crippen LogP contribution in [0.25, 0.3) is 0 Å². The predicted octanol–water partition coefficient (Wildman–Crippen LogP) is -1.04. The predicted molar refractivity (Wildman–Crippen MR) is 68.0 cm³/mol. The Kier molecular flexibility index (Phi) is 5.23. The van der Waals surface area contributed by atoms with Gasteiger partial charge >= 0.3 is 7.60 Å². The Labute approximate surface area is 111 Å². The first-order valence-corrected chi connectivity index (χ1v) is 7.75. The topological polar surface area (TPSA) is 133 Å². The summed E-state index contributed by atoms with van der Waals surface area (Å²) in [5.41, 5.74) is 5.44. The van der Waals surface area contributed by atoms with Crippen LogP contribution in [-0.4, -0.2) is 50.9 Å². The van der Waals surface area contributed by atoms with E-state index in [0.29, 0.717) is 17.9 Å². The second-order valence-corrected chi connectivity index (χ2v) is 6.63. The van der Waals surface area contributed by atoms with Crippen molar-refractivity contribution in [1.82, 2.24) is 10.2 Å². The molecule has 5 N–H and O–H groups in total. The maximum absolute atomic E-state index is 12.2. The van der Waals surface area contributed by atoms with Crippen molar-refractivity contribution in [2.75, 3.05) is 6.54 Å². The minimum Gasteiger partial charge on any atom is -0.323 e. The fourth-order valence-electron chi connectivity index (χ4n) is 1.91. The van der Waals surface area contributed by atoms with E-state index in [9.17, 15) is 23.9 Å². The fourth-order valence-corrected chi connectivity index (χ4v) is 2.44. The molecule has 1 aliphatic heterocycles. The van der Waals surface area contributed by atoms with Gasteiger partial charge < -0.3 is 20.8 Å². The molecule has 1 rings (SSSR count). The number of nitrogens with two attached hydrogens (primary N) is 1. The van der Waals surface area contributed by atoms with Gasteiger partial charge in [0.05, 0.1) is 12.1 Å². The highest BCUT2D eigenvalue weighted by Crippen LogP contribution is 2.43. The molecule has 0 saturated carbocycles. The maximum Gasteiger partial charge on any atom is 0.348 e. The van der Waals surface area contributed by atoms with Gasteiger partial charge in [0.1, 0.15) is 5.78 Å². The molecule has 0 bridgehead atoms. The molecule has 0 unspecified atom stereocenters. The molecule has 0 aromatic carbocycles. The first-order chi connectivity index (χ1) is 8.66. The van der Waals surface area contributed by atoms with Gasteiger partial charge in [-0.25, -0.2) is 0 Å². The second kappa shape index (κ2) is 6.11. The van der Waals surface area contributed by atoms with E-state index < -0.39 is 37.3 Å². The standard InChI is InChI=1S/C10H20N3O5P/c1-6(11)9(14)13(7(2)19(16,17)18)10(15)8-4-3-5-12-8/h6-8,12H,3-5,11H2,1-2H3,(H2,16,17,18)/t6-,7+,8+/m0/s1. The summed E-state index contributed by atoms with van der Waals surface area (Å²) in [7, 11) is -4.60. The third-order valence-corrected chi connectivity index (χ3v) is 4.29. The van der Waals surface area contributed by atoms with E-state index in [4.69, 9.17) is 5.73 Å². The van der Waals surface area contributed by atoms with Crippen molar-refractivity contribution in [3.8, 4) is 0 Å². The first kappa shape index (κ1) is 16.3. The number of carbonyl (C=O) groups excluding carboxylic acids is 2. The van der Waals surface area contributed by atoms with Gasteiger partial charge in [-0.1, -0.05) is 0 Å². The third kappa shape index (κ3) is 3.84. The van der Waals surface area contributed by atoms with E-state index in [1.165, 1.54) is 6.92 Å². The summed E-state index contributed by atoms with van der Waals surface area (Å²) in [5, 5.41) is 2.90. The molecule has 1 saturated heterocycles. The van der Waals surface area contributed by atoms with E-state index >= 15 is 0 Å². The highest BCUT2D eigenvalue weighted by molar-refractivity contribution is 7.52. The molecule has 110 valence electrons. The Hall–Kier alpha value is -0.790. The lowest BCUT2D eigenvalue weighted by Gasteiger charge is -2.31. The molecule has 2 amide bonds. The summed E-state index contributed by atoms with van der Waals surface area (Å²) in [4.78, 5) is 43.1. The highest BCUT2D eigenvalue weighted by atomic mass is 31.2. The van der Waals surface area contributed by atoms with Gasteiger partial charge in [-0.2, -0.15) is 0 Å². The molecule has 0 aromatic heterocycles. The minimum atomic E-state index is -4.60. The molecular weight excluding hydrogens is 273 g/mol. The number of imide groups is 1. The molecule has 0 aromatic rings. The van der Waals surface area contributed by atoms with Gasteiger partial charge in [0, 0.05) is 0 Å². The summed E-state index contributed by atoms with van der Waals surface area (Å²) in [5.74, 6) is -2.92. The smallest absolute Gasteiger partial charge is 0.323 e. The van der Waals surface area contributed by atoms with Crippen LogP contribution in [0.15, 0.2) is 0 Å². The van der Waals surface area contributed by atoms with Crippen LogP contribution in [0.5, 0.6) is 0 Å². The van der Waals surface area contributed by atoms with Crippen LogP contribution in [0.2, 0.25) is 0 Å². The molecule has 9 heteroatoms. The summed E-state index contributed by atoms with van der Waals surface area (Å²) < 4.78 is 11.3. The van der Waals surface area contributed by atoms with Gasteiger partial charge in [0.15, 0.2) is 0 Å².